The van der Waals surface area contributed by atoms with E-state index in [1.165, 1.54) is 12.0 Å². The summed E-state index contributed by atoms with van der Waals surface area (Å²) in [6.45, 7) is 10.3. The van der Waals surface area contributed by atoms with Crippen LogP contribution >= 0.6 is 0 Å². The number of carbonyl (C=O) groups is 2. The van der Waals surface area contributed by atoms with Crippen molar-refractivity contribution in [1.29, 1.82) is 0 Å². The largest absolute Gasteiger partial charge is 0.467 e. The van der Waals surface area contributed by atoms with E-state index in [0.29, 0.717) is 12.5 Å². The van der Waals surface area contributed by atoms with Gasteiger partial charge in [0, 0.05) is 12.5 Å². The summed E-state index contributed by atoms with van der Waals surface area (Å²) in [5, 5.41) is 0. The van der Waals surface area contributed by atoms with Gasteiger partial charge >= 0.3 is 12.1 Å². The predicted molar refractivity (Wildman–Crippen MR) is 69.5 cm³/mol. The average Bonchev–Trinajstić information content (AvgIpc) is 2.65. The second-order valence-electron chi connectivity index (χ2n) is 7.05. The third kappa shape index (κ3) is 2.30. The van der Waals surface area contributed by atoms with Crippen molar-refractivity contribution in [3.63, 3.8) is 0 Å². The summed E-state index contributed by atoms with van der Waals surface area (Å²) in [7, 11) is 1.36. The first kappa shape index (κ1) is 14.2. The molecule has 108 valence electrons. The zero-order valence-corrected chi connectivity index (χ0v) is 12.5. The van der Waals surface area contributed by atoms with E-state index in [0.717, 1.165) is 0 Å². The lowest BCUT2D eigenvalue weighted by Gasteiger charge is -2.31. The van der Waals surface area contributed by atoms with Crippen LogP contribution in [0, 0.1) is 17.3 Å². The van der Waals surface area contributed by atoms with Gasteiger partial charge in [-0.25, -0.2) is 9.59 Å². The van der Waals surface area contributed by atoms with Crippen molar-refractivity contribution in [2.24, 2.45) is 17.3 Å². The molecular weight excluding hydrogens is 246 g/mol. The molecule has 0 spiro atoms. The summed E-state index contributed by atoms with van der Waals surface area (Å²) in [6.07, 6.45) is -0.425. The molecule has 0 bridgehead atoms. The molecule has 1 amide bonds. The molecule has 5 heteroatoms. The van der Waals surface area contributed by atoms with Gasteiger partial charge in [-0.05, 0) is 32.1 Å². The number of ether oxygens (including phenoxy) is 2. The van der Waals surface area contributed by atoms with Gasteiger partial charge in [-0.15, -0.1) is 0 Å². The van der Waals surface area contributed by atoms with E-state index in [1.54, 1.807) is 0 Å². The molecule has 1 aliphatic heterocycles. The van der Waals surface area contributed by atoms with Crippen LogP contribution in [-0.4, -0.2) is 42.3 Å². The molecular formula is C14H23NO4. The highest BCUT2D eigenvalue weighted by Crippen LogP contribution is 2.65. The zero-order chi connectivity index (χ0) is 14.6. The number of likely N-dealkylation sites (tertiary alicyclic amines) is 1. The highest BCUT2D eigenvalue weighted by atomic mass is 16.6. The van der Waals surface area contributed by atoms with Crippen molar-refractivity contribution in [2.75, 3.05) is 13.7 Å². The summed E-state index contributed by atoms with van der Waals surface area (Å²) in [5.74, 6) is 0.209. The standard InChI is InChI=1S/C14H23NO4/c1-13(2,3)19-12(17)15-7-8-9(14(8,4)5)10(15)11(16)18-6/h8-10H,7H2,1-6H3. The Morgan fingerprint density at radius 1 is 1.26 bits per heavy atom. The van der Waals surface area contributed by atoms with Gasteiger partial charge < -0.3 is 9.47 Å². The van der Waals surface area contributed by atoms with Gasteiger partial charge in [0.15, 0.2) is 0 Å². The maximum Gasteiger partial charge on any atom is 0.411 e. The molecule has 1 saturated heterocycles. The molecule has 3 atom stereocenters. The molecule has 0 radical (unpaired) electrons. The van der Waals surface area contributed by atoms with Crippen LogP contribution in [0.1, 0.15) is 34.6 Å². The summed E-state index contributed by atoms with van der Waals surface area (Å²) >= 11 is 0. The average molecular weight is 269 g/mol. The van der Waals surface area contributed by atoms with Crippen molar-refractivity contribution in [3.8, 4) is 0 Å². The molecule has 1 aliphatic carbocycles. The summed E-state index contributed by atoms with van der Waals surface area (Å²) in [4.78, 5) is 25.6. The van der Waals surface area contributed by atoms with Crippen molar-refractivity contribution in [2.45, 2.75) is 46.3 Å². The first-order valence-corrected chi connectivity index (χ1v) is 6.67. The van der Waals surface area contributed by atoms with Gasteiger partial charge in [-0.3, -0.25) is 4.90 Å². The van der Waals surface area contributed by atoms with Gasteiger partial charge in [-0.1, -0.05) is 13.8 Å². The molecule has 2 rings (SSSR count). The molecule has 0 aromatic carbocycles. The van der Waals surface area contributed by atoms with Crippen molar-refractivity contribution < 1.29 is 19.1 Å². The van der Waals surface area contributed by atoms with E-state index in [2.05, 4.69) is 13.8 Å². The predicted octanol–water partition coefficient (Wildman–Crippen LogP) is 2.05. The van der Waals surface area contributed by atoms with E-state index in [-0.39, 0.29) is 17.3 Å². The van der Waals surface area contributed by atoms with Crippen LogP contribution in [-0.2, 0) is 14.3 Å². The number of amides is 1. The number of piperidine rings is 1. The smallest absolute Gasteiger partial charge is 0.411 e. The Hall–Kier alpha value is -1.26. The summed E-state index contributed by atoms with van der Waals surface area (Å²) in [6, 6.07) is -0.500. The molecule has 1 heterocycles. The number of rotatable bonds is 1. The van der Waals surface area contributed by atoms with Crippen LogP contribution in [0.15, 0.2) is 0 Å². The molecule has 19 heavy (non-hydrogen) atoms. The van der Waals surface area contributed by atoms with E-state index >= 15 is 0 Å². The maximum absolute atomic E-state index is 12.2. The lowest BCUT2D eigenvalue weighted by atomic mass is 10.0. The Morgan fingerprint density at radius 3 is 2.32 bits per heavy atom. The number of hydrogen-bond acceptors (Lipinski definition) is 4. The van der Waals surface area contributed by atoms with Gasteiger partial charge in [0.05, 0.1) is 7.11 Å². The Bertz CT molecular complexity index is 410. The lowest BCUT2D eigenvalue weighted by molar-refractivity contribution is -0.147. The zero-order valence-electron chi connectivity index (χ0n) is 12.5. The van der Waals surface area contributed by atoms with E-state index in [4.69, 9.17) is 9.47 Å². The first-order chi connectivity index (χ1) is 8.59. The van der Waals surface area contributed by atoms with Gasteiger partial charge in [0.1, 0.15) is 11.6 Å². The number of methoxy groups -OCH3 is 1. The fourth-order valence-corrected chi connectivity index (χ4v) is 3.18. The molecule has 0 aromatic heterocycles. The van der Waals surface area contributed by atoms with Crippen LogP contribution < -0.4 is 0 Å². The molecule has 5 nitrogen and oxygen atoms in total. The molecule has 3 unspecified atom stereocenters. The minimum absolute atomic E-state index is 0.109. The summed E-state index contributed by atoms with van der Waals surface area (Å²) in [5.41, 5.74) is -0.447. The normalized spacial score (nSPS) is 31.7. The van der Waals surface area contributed by atoms with Gasteiger partial charge in [-0.2, -0.15) is 0 Å². The second kappa shape index (κ2) is 4.12. The highest BCUT2D eigenvalue weighted by Gasteiger charge is 2.70. The van der Waals surface area contributed by atoms with Crippen LogP contribution in [0.2, 0.25) is 0 Å². The summed E-state index contributed by atoms with van der Waals surface area (Å²) < 4.78 is 10.2. The van der Waals surface area contributed by atoms with Crippen LogP contribution in [0.25, 0.3) is 0 Å². The van der Waals surface area contributed by atoms with Crippen molar-refractivity contribution >= 4 is 12.1 Å². The highest BCUT2D eigenvalue weighted by molar-refractivity contribution is 5.83. The van der Waals surface area contributed by atoms with Crippen LogP contribution in [0.4, 0.5) is 4.79 Å². The molecule has 0 aromatic rings. The van der Waals surface area contributed by atoms with Crippen LogP contribution in [0.5, 0.6) is 0 Å². The van der Waals surface area contributed by atoms with E-state index < -0.39 is 17.7 Å². The number of hydrogen-bond donors (Lipinski definition) is 0. The maximum atomic E-state index is 12.2. The number of esters is 1. The third-order valence-electron chi connectivity index (χ3n) is 4.28. The minimum atomic E-state index is -0.556. The first-order valence-electron chi connectivity index (χ1n) is 6.67. The SMILES string of the molecule is COC(=O)C1C2C(CN1C(=O)OC(C)(C)C)C2(C)C. The Balaban J connectivity index is 2.14. The van der Waals surface area contributed by atoms with Crippen molar-refractivity contribution in [3.05, 3.63) is 0 Å². The minimum Gasteiger partial charge on any atom is -0.467 e. The third-order valence-corrected chi connectivity index (χ3v) is 4.28. The monoisotopic (exact) mass is 269 g/mol. The number of fused-ring (bicyclic) bond motifs is 1. The molecule has 2 aliphatic rings. The number of carbonyl (C=O) groups excluding carboxylic acids is 2. The van der Waals surface area contributed by atoms with Gasteiger partial charge in [0.2, 0.25) is 0 Å². The van der Waals surface area contributed by atoms with Crippen molar-refractivity contribution in [1.82, 2.24) is 4.90 Å². The van der Waals surface area contributed by atoms with E-state index in [1.807, 2.05) is 20.8 Å². The Morgan fingerprint density at radius 2 is 1.84 bits per heavy atom. The fraction of sp³-hybridized carbons (Fsp3) is 0.857. The van der Waals surface area contributed by atoms with E-state index in [9.17, 15) is 9.59 Å². The fourth-order valence-electron chi connectivity index (χ4n) is 3.18. The topological polar surface area (TPSA) is 55.8 Å². The Kier molecular flexibility index (Phi) is 3.07. The lowest BCUT2D eigenvalue weighted by Crippen LogP contribution is -2.47. The second-order valence-corrected chi connectivity index (χ2v) is 7.05. The number of nitrogens with zero attached hydrogens (tertiary/aromatic N) is 1. The Labute approximate surface area is 114 Å². The molecule has 1 saturated carbocycles. The van der Waals surface area contributed by atoms with Gasteiger partial charge in [0.25, 0.3) is 0 Å². The molecule has 0 N–H and O–H groups in total. The van der Waals surface area contributed by atoms with Crippen LogP contribution in [0.3, 0.4) is 0 Å². The quantitative estimate of drug-likeness (QED) is 0.684. The molecule has 2 fully saturated rings.